The summed E-state index contributed by atoms with van der Waals surface area (Å²) in [6.07, 6.45) is 2.58. The molecule has 0 aromatic heterocycles. The molecule has 0 unspecified atom stereocenters. The maximum atomic E-state index is 10.3. The molecule has 0 aliphatic heterocycles. The molecule has 0 bridgehead atoms. The van der Waals surface area contributed by atoms with Crippen LogP contribution in [-0.2, 0) is 14.3 Å². The molecule has 1 saturated carbocycles. The van der Waals surface area contributed by atoms with Gasteiger partial charge < -0.3 is 9.53 Å². The van der Waals surface area contributed by atoms with E-state index in [2.05, 4.69) is 0 Å². The quantitative estimate of drug-likeness (QED) is 0.446. The molecule has 62 valence electrons. The highest BCUT2D eigenvalue weighted by Crippen LogP contribution is 2.40. The lowest BCUT2D eigenvalue weighted by molar-refractivity contribution is -0.141. The van der Waals surface area contributed by atoms with Gasteiger partial charge in [0.15, 0.2) is 0 Å². The molecule has 11 heavy (non-hydrogen) atoms. The van der Waals surface area contributed by atoms with E-state index in [4.69, 9.17) is 4.74 Å². The number of carbonyl (C=O) groups excluding carboxylic acids is 2. The second kappa shape index (κ2) is 3.51. The summed E-state index contributed by atoms with van der Waals surface area (Å²) in [5.41, 5.74) is 0. The Kier molecular flexibility index (Phi) is 2.63. The first-order chi connectivity index (χ1) is 5.24. The molecule has 0 aromatic carbocycles. The molecule has 3 nitrogen and oxygen atoms in total. The molecule has 0 spiro atoms. The third-order valence-electron chi connectivity index (χ3n) is 1.97. The van der Waals surface area contributed by atoms with Crippen LogP contribution in [0.15, 0.2) is 0 Å². The monoisotopic (exact) mass is 156 g/mol. The van der Waals surface area contributed by atoms with Crippen LogP contribution in [0.3, 0.4) is 0 Å². The molecule has 0 aromatic rings. The fourth-order valence-corrected chi connectivity index (χ4v) is 1.15. The number of hydrogen-bond acceptors (Lipinski definition) is 3. The lowest BCUT2D eigenvalue weighted by atomic mass is 10.2. The summed E-state index contributed by atoms with van der Waals surface area (Å²) in [6, 6.07) is 0. The van der Waals surface area contributed by atoms with Gasteiger partial charge in [-0.1, -0.05) is 0 Å². The molecule has 1 rings (SSSR count). The van der Waals surface area contributed by atoms with Gasteiger partial charge in [0, 0.05) is 13.3 Å². The number of rotatable bonds is 4. The van der Waals surface area contributed by atoms with Crippen molar-refractivity contribution < 1.29 is 14.3 Å². The van der Waals surface area contributed by atoms with Crippen molar-refractivity contribution in [3.63, 3.8) is 0 Å². The Morgan fingerprint density at radius 1 is 1.64 bits per heavy atom. The van der Waals surface area contributed by atoms with Gasteiger partial charge in [-0.3, -0.25) is 4.79 Å². The summed E-state index contributed by atoms with van der Waals surface area (Å²) in [7, 11) is 0. The zero-order chi connectivity index (χ0) is 8.27. The second-order valence-corrected chi connectivity index (χ2v) is 2.96. The van der Waals surface area contributed by atoms with Crippen LogP contribution in [0.4, 0.5) is 0 Å². The minimum atomic E-state index is -0.234. The van der Waals surface area contributed by atoms with E-state index >= 15 is 0 Å². The molecule has 2 atom stereocenters. The van der Waals surface area contributed by atoms with Gasteiger partial charge in [0.2, 0.25) is 0 Å². The third kappa shape index (κ3) is 2.70. The van der Waals surface area contributed by atoms with Crippen LogP contribution in [0, 0.1) is 11.8 Å². The number of esters is 1. The number of hydrogen-bond donors (Lipinski definition) is 0. The summed E-state index contributed by atoms with van der Waals surface area (Å²) < 4.78 is 4.79. The fraction of sp³-hybridized carbons (Fsp3) is 0.750. The average Bonchev–Trinajstić information content (AvgIpc) is 2.64. The fourth-order valence-electron chi connectivity index (χ4n) is 1.15. The molecule has 0 amide bonds. The highest BCUT2D eigenvalue weighted by Gasteiger charge is 2.36. The lowest BCUT2D eigenvalue weighted by Crippen LogP contribution is -2.03. The van der Waals surface area contributed by atoms with Gasteiger partial charge in [-0.25, -0.2) is 0 Å². The zero-order valence-corrected chi connectivity index (χ0v) is 6.58. The van der Waals surface area contributed by atoms with Gasteiger partial charge in [-0.05, 0) is 18.3 Å². The van der Waals surface area contributed by atoms with Crippen LogP contribution in [-0.4, -0.2) is 18.9 Å². The standard InChI is InChI=1S/C8H12O3/c1-6(10)11-5-8-4-7(8)2-3-9/h3,7-8H,2,4-5H2,1H3/t7-,8-/m0/s1. The Balaban J connectivity index is 2.04. The number of ether oxygens (including phenoxy) is 1. The Labute approximate surface area is 65.7 Å². The molecule has 1 aliphatic carbocycles. The van der Waals surface area contributed by atoms with E-state index in [1.807, 2.05) is 0 Å². The summed E-state index contributed by atoms with van der Waals surface area (Å²) in [4.78, 5) is 20.4. The van der Waals surface area contributed by atoms with Gasteiger partial charge in [-0.2, -0.15) is 0 Å². The largest absolute Gasteiger partial charge is 0.466 e. The number of carbonyl (C=O) groups is 2. The lowest BCUT2D eigenvalue weighted by Gasteiger charge is -1.98. The summed E-state index contributed by atoms with van der Waals surface area (Å²) >= 11 is 0. The molecular formula is C8H12O3. The molecule has 1 aliphatic rings. The van der Waals surface area contributed by atoms with Crippen LogP contribution in [0.2, 0.25) is 0 Å². The van der Waals surface area contributed by atoms with Crippen LogP contribution in [0.1, 0.15) is 19.8 Å². The Morgan fingerprint density at radius 3 is 2.91 bits per heavy atom. The highest BCUT2D eigenvalue weighted by molar-refractivity contribution is 5.65. The van der Waals surface area contributed by atoms with Crippen molar-refractivity contribution in [3.8, 4) is 0 Å². The van der Waals surface area contributed by atoms with Gasteiger partial charge in [-0.15, -0.1) is 0 Å². The minimum absolute atomic E-state index is 0.234. The van der Waals surface area contributed by atoms with Crippen LogP contribution in [0.5, 0.6) is 0 Å². The molecule has 1 fully saturated rings. The van der Waals surface area contributed by atoms with Crippen molar-refractivity contribution in [2.45, 2.75) is 19.8 Å². The van der Waals surface area contributed by atoms with Crippen LogP contribution in [0.25, 0.3) is 0 Å². The first-order valence-electron chi connectivity index (χ1n) is 3.81. The topological polar surface area (TPSA) is 43.4 Å². The van der Waals surface area contributed by atoms with E-state index < -0.39 is 0 Å². The highest BCUT2D eigenvalue weighted by atomic mass is 16.5. The molecule has 3 heteroatoms. The van der Waals surface area contributed by atoms with Gasteiger partial charge >= 0.3 is 5.97 Å². The second-order valence-electron chi connectivity index (χ2n) is 2.96. The average molecular weight is 156 g/mol. The molecule has 0 saturated heterocycles. The first kappa shape index (κ1) is 8.24. The van der Waals surface area contributed by atoms with Crippen molar-refractivity contribution in [2.24, 2.45) is 11.8 Å². The van der Waals surface area contributed by atoms with Crippen molar-refractivity contribution in [1.82, 2.24) is 0 Å². The molecule has 0 radical (unpaired) electrons. The van der Waals surface area contributed by atoms with Crippen molar-refractivity contribution in [3.05, 3.63) is 0 Å². The van der Waals surface area contributed by atoms with E-state index in [1.54, 1.807) is 0 Å². The van der Waals surface area contributed by atoms with E-state index in [0.717, 1.165) is 12.7 Å². The van der Waals surface area contributed by atoms with Gasteiger partial charge in [0.1, 0.15) is 6.29 Å². The van der Waals surface area contributed by atoms with E-state index in [9.17, 15) is 9.59 Å². The summed E-state index contributed by atoms with van der Waals surface area (Å²) in [5.74, 6) is 0.692. The minimum Gasteiger partial charge on any atom is -0.466 e. The van der Waals surface area contributed by atoms with E-state index in [1.165, 1.54) is 6.92 Å². The molecular weight excluding hydrogens is 144 g/mol. The van der Waals surface area contributed by atoms with Crippen LogP contribution < -0.4 is 0 Å². The molecule has 0 N–H and O–H groups in total. The van der Waals surface area contributed by atoms with Crippen molar-refractivity contribution >= 4 is 12.3 Å². The number of aldehydes is 1. The van der Waals surface area contributed by atoms with Crippen LogP contribution >= 0.6 is 0 Å². The predicted molar refractivity (Wildman–Crippen MR) is 38.9 cm³/mol. The van der Waals surface area contributed by atoms with Gasteiger partial charge in [0.05, 0.1) is 6.61 Å². The Morgan fingerprint density at radius 2 is 2.36 bits per heavy atom. The predicted octanol–water partition coefficient (Wildman–Crippen LogP) is 0.775. The maximum absolute atomic E-state index is 10.3. The Bertz CT molecular complexity index is 165. The van der Waals surface area contributed by atoms with Crippen molar-refractivity contribution in [2.75, 3.05) is 6.61 Å². The smallest absolute Gasteiger partial charge is 0.302 e. The van der Waals surface area contributed by atoms with Gasteiger partial charge in [0.25, 0.3) is 0 Å². The zero-order valence-electron chi connectivity index (χ0n) is 6.58. The van der Waals surface area contributed by atoms with E-state index in [0.29, 0.717) is 24.9 Å². The first-order valence-corrected chi connectivity index (χ1v) is 3.81. The molecule has 0 heterocycles. The summed E-state index contributed by atoms with van der Waals surface area (Å²) in [5, 5.41) is 0. The summed E-state index contributed by atoms with van der Waals surface area (Å²) in [6.45, 7) is 1.89. The Hall–Kier alpha value is -0.860. The third-order valence-corrected chi connectivity index (χ3v) is 1.97. The van der Waals surface area contributed by atoms with E-state index in [-0.39, 0.29) is 5.97 Å². The SMILES string of the molecule is CC(=O)OC[C@@H]1C[C@@H]1CC=O. The van der Waals surface area contributed by atoms with Crippen molar-refractivity contribution in [1.29, 1.82) is 0 Å². The normalized spacial score (nSPS) is 27.7. The maximum Gasteiger partial charge on any atom is 0.302 e.